The zero-order valence-corrected chi connectivity index (χ0v) is 17.2. The van der Waals surface area contributed by atoms with Gasteiger partial charge in [0, 0.05) is 24.5 Å². The molecule has 0 atom stereocenters. The van der Waals surface area contributed by atoms with Crippen LogP contribution < -0.4 is 10.2 Å². The van der Waals surface area contributed by atoms with Crippen molar-refractivity contribution < 1.29 is 18.0 Å². The van der Waals surface area contributed by atoms with Gasteiger partial charge >= 0.3 is 6.18 Å². The molecule has 2 aromatic rings. The average molecular weight is 428 g/mol. The fourth-order valence-electron chi connectivity index (χ4n) is 3.52. The summed E-state index contributed by atoms with van der Waals surface area (Å²) in [6.07, 6.45) is -2.49. The van der Waals surface area contributed by atoms with Crippen molar-refractivity contribution in [2.24, 2.45) is 0 Å². The van der Waals surface area contributed by atoms with Crippen molar-refractivity contribution in [1.82, 2.24) is 4.90 Å². The van der Waals surface area contributed by atoms with Gasteiger partial charge in [-0.15, -0.1) is 12.4 Å². The molecule has 158 valence electrons. The molecule has 3 rings (SSSR count). The van der Waals surface area contributed by atoms with Crippen LogP contribution in [0, 0.1) is 0 Å². The summed E-state index contributed by atoms with van der Waals surface area (Å²) in [7, 11) is 4.11. The number of nitrogens with zero attached hydrogens (tertiary/aromatic N) is 2. The lowest BCUT2D eigenvalue weighted by Crippen LogP contribution is -2.42. The number of carbonyl (C=O) groups is 1. The number of likely N-dealkylation sites (tertiary alicyclic amines) is 1. The molecule has 1 saturated heterocycles. The van der Waals surface area contributed by atoms with Crippen molar-refractivity contribution in [3.63, 3.8) is 0 Å². The van der Waals surface area contributed by atoms with Gasteiger partial charge < -0.3 is 15.1 Å². The van der Waals surface area contributed by atoms with Crippen LogP contribution in [0.15, 0.2) is 48.5 Å². The van der Waals surface area contributed by atoms with Crippen molar-refractivity contribution >= 4 is 29.7 Å². The highest BCUT2D eigenvalue weighted by Gasteiger charge is 2.34. The largest absolute Gasteiger partial charge is 0.417 e. The summed E-state index contributed by atoms with van der Waals surface area (Å²) in [5, 5.41) is 2.60. The zero-order chi connectivity index (χ0) is 20.3. The topological polar surface area (TPSA) is 35.6 Å². The molecule has 1 aliphatic heterocycles. The minimum absolute atomic E-state index is 0. The van der Waals surface area contributed by atoms with Gasteiger partial charge in [0.1, 0.15) is 0 Å². The van der Waals surface area contributed by atoms with Gasteiger partial charge in [-0.1, -0.05) is 18.2 Å². The molecule has 1 aliphatic rings. The molecular formula is C21H25ClF3N3O. The summed E-state index contributed by atoms with van der Waals surface area (Å²) in [6, 6.07) is 12.4. The van der Waals surface area contributed by atoms with Crippen molar-refractivity contribution in [3.8, 4) is 0 Å². The highest BCUT2D eigenvalue weighted by molar-refractivity contribution is 6.05. The van der Waals surface area contributed by atoms with E-state index in [1.807, 2.05) is 13.1 Å². The molecular weight excluding hydrogens is 403 g/mol. The van der Waals surface area contributed by atoms with Crippen LogP contribution in [0.2, 0.25) is 0 Å². The molecule has 1 fully saturated rings. The van der Waals surface area contributed by atoms with Crippen LogP contribution in [0.5, 0.6) is 0 Å². The van der Waals surface area contributed by atoms with Crippen LogP contribution in [-0.2, 0) is 6.18 Å². The summed E-state index contributed by atoms with van der Waals surface area (Å²) >= 11 is 0. The van der Waals surface area contributed by atoms with Crippen molar-refractivity contribution in [2.75, 3.05) is 37.4 Å². The Hall–Kier alpha value is -2.25. The normalized spacial score (nSPS) is 15.5. The van der Waals surface area contributed by atoms with Crippen LogP contribution in [0.1, 0.15) is 28.8 Å². The lowest BCUT2D eigenvalue weighted by molar-refractivity contribution is -0.137. The molecule has 29 heavy (non-hydrogen) atoms. The standard InChI is InChI=1S/C21H24F3N3O.ClH/c1-26-12-10-16(11-13-26)27(2)17-7-5-6-15(14-17)25-20(28)18-8-3-4-9-19(18)21(22,23)24;/h3-9,14,16H,10-13H2,1-2H3,(H,25,28);1H. The van der Waals surface area contributed by atoms with Crippen LogP contribution >= 0.6 is 12.4 Å². The molecule has 2 aromatic carbocycles. The molecule has 0 aliphatic carbocycles. The predicted molar refractivity (Wildman–Crippen MR) is 112 cm³/mol. The maximum Gasteiger partial charge on any atom is 0.417 e. The van der Waals surface area contributed by atoms with Crippen LogP contribution in [-0.4, -0.2) is 44.0 Å². The van der Waals surface area contributed by atoms with Gasteiger partial charge in [-0.25, -0.2) is 0 Å². The van der Waals surface area contributed by atoms with Gasteiger partial charge in [0.15, 0.2) is 0 Å². The van der Waals surface area contributed by atoms with Crippen LogP contribution in [0.25, 0.3) is 0 Å². The highest BCUT2D eigenvalue weighted by Crippen LogP contribution is 2.32. The fourth-order valence-corrected chi connectivity index (χ4v) is 3.52. The van der Waals surface area contributed by atoms with E-state index in [9.17, 15) is 18.0 Å². The molecule has 0 unspecified atom stereocenters. The quantitative estimate of drug-likeness (QED) is 0.753. The summed E-state index contributed by atoms with van der Waals surface area (Å²) in [4.78, 5) is 16.9. The number of nitrogens with one attached hydrogen (secondary N) is 1. The third-order valence-corrected chi connectivity index (χ3v) is 5.22. The molecule has 8 heteroatoms. The first-order chi connectivity index (χ1) is 13.3. The molecule has 0 bridgehead atoms. The van der Waals surface area contributed by atoms with E-state index >= 15 is 0 Å². The summed E-state index contributed by atoms with van der Waals surface area (Å²) in [5.41, 5.74) is 0.0758. The fraction of sp³-hybridized carbons (Fsp3) is 0.381. The Kier molecular flexibility index (Phi) is 7.54. The Morgan fingerprint density at radius 1 is 1.10 bits per heavy atom. The van der Waals surface area contributed by atoms with E-state index in [1.165, 1.54) is 18.2 Å². The second-order valence-electron chi connectivity index (χ2n) is 7.19. The number of alkyl halides is 3. The van der Waals surface area contributed by atoms with Gasteiger partial charge in [0.05, 0.1) is 11.1 Å². The smallest absolute Gasteiger partial charge is 0.371 e. The van der Waals surface area contributed by atoms with Crippen molar-refractivity contribution in [3.05, 3.63) is 59.7 Å². The highest BCUT2D eigenvalue weighted by atomic mass is 35.5. The van der Waals surface area contributed by atoms with E-state index < -0.39 is 17.6 Å². The first-order valence-corrected chi connectivity index (χ1v) is 9.24. The van der Waals surface area contributed by atoms with E-state index in [4.69, 9.17) is 0 Å². The zero-order valence-electron chi connectivity index (χ0n) is 16.4. The number of piperidine rings is 1. The van der Waals surface area contributed by atoms with Gasteiger partial charge in [0.2, 0.25) is 0 Å². The number of hydrogen-bond donors (Lipinski definition) is 1. The lowest BCUT2D eigenvalue weighted by Gasteiger charge is -2.36. The molecule has 1 N–H and O–H groups in total. The molecule has 1 heterocycles. The van der Waals surface area contributed by atoms with Crippen molar-refractivity contribution in [2.45, 2.75) is 25.1 Å². The average Bonchev–Trinajstić information content (AvgIpc) is 2.67. The van der Waals surface area contributed by atoms with E-state index in [0.717, 1.165) is 37.7 Å². The molecule has 0 radical (unpaired) electrons. The first kappa shape index (κ1) is 23.0. The molecule has 1 amide bonds. The third-order valence-electron chi connectivity index (χ3n) is 5.22. The van der Waals surface area contributed by atoms with Gasteiger partial charge in [0.25, 0.3) is 5.91 Å². The van der Waals surface area contributed by atoms with E-state index in [1.54, 1.807) is 18.2 Å². The van der Waals surface area contributed by atoms with Crippen molar-refractivity contribution in [1.29, 1.82) is 0 Å². The van der Waals surface area contributed by atoms with Gasteiger partial charge in [-0.2, -0.15) is 13.2 Å². The Labute approximate surface area is 175 Å². The number of halogens is 4. The second kappa shape index (κ2) is 9.50. The van der Waals surface area contributed by atoms with E-state index in [0.29, 0.717) is 11.7 Å². The monoisotopic (exact) mass is 427 g/mol. The van der Waals surface area contributed by atoms with Crippen LogP contribution in [0.3, 0.4) is 0 Å². The molecule has 0 saturated carbocycles. The van der Waals surface area contributed by atoms with Gasteiger partial charge in [-0.05, 0) is 63.3 Å². The number of carbonyl (C=O) groups excluding carboxylic acids is 1. The number of amides is 1. The summed E-state index contributed by atoms with van der Waals surface area (Å²) in [6.45, 7) is 2.05. The third kappa shape index (κ3) is 5.64. The molecule has 0 aromatic heterocycles. The molecule has 4 nitrogen and oxygen atoms in total. The Bertz CT molecular complexity index is 836. The number of hydrogen-bond acceptors (Lipinski definition) is 3. The number of rotatable bonds is 4. The minimum Gasteiger partial charge on any atom is -0.371 e. The second-order valence-corrected chi connectivity index (χ2v) is 7.19. The lowest BCUT2D eigenvalue weighted by atomic mass is 10.0. The number of anilines is 2. The number of benzene rings is 2. The predicted octanol–water partition coefficient (Wildman–Crippen LogP) is 4.91. The Morgan fingerprint density at radius 2 is 1.76 bits per heavy atom. The minimum atomic E-state index is -4.58. The SMILES string of the molecule is CN1CCC(N(C)c2cccc(NC(=O)c3ccccc3C(F)(F)F)c2)CC1.Cl. The maximum absolute atomic E-state index is 13.2. The first-order valence-electron chi connectivity index (χ1n) is 9.24. The molecule has 0 spiro atoms. The Morgan fingerprint density at radius 3 is 2.41 bits per heavy atom. The summed E-state index contributed by atoms with van der Waals surface area (Å²) < 4.78 is 39.5. The van der Waals surface area contributed by atoms with E-state index in [-0.39, 0.29) is 18.0 Å². The summed E-state index contributed by atoms with van der Waals surface area (Å²) in [5.74, 6) is -0.771. The maximum atomic E-state index is 13.2. The Balaban J connectivity index is 0.00000300. The van der Waals surface area contributed by atoms with Gasteiger partial charge in [-0.3, -0.25) is 4.79 Å². The van der Waals surface area contributed by atoms with Crippen LogP contribution in [0.4, 0.5) is 24.5 Å². The van der Waals surface area contributed by atoms with E-state index in [2.05, 4.69) is 22.2 Å².